The van der Waals surface area contributed by atoms with E-state index in [-0.39, 0.29) is 0 Å². The van der Waals surface area contributed by atoms with E-state index in [2.05, 4.69) is 14.9 Å². The molecule has 98 valence electrons. The van der Waals surface area contributed by atoms with Gasteiger partial charge in [-0.1, -0.05) is 24.4 Å². The average Bonchev–Trinajstić information content (AvgIpc) is 2.39. The van der Waals surface area contributed by atoms with Gasteiger partial charge in [0.15, 0.2) is 0 Å². The van der Waals surface area contributed by atoms with Gasteiger partial charge in [0.25, 0.3) is 0 Å². The Balaban J connectivity index is 1.75. The van der Waals surface area contributed by atoms with Crippen LogP contribution < -0.4 is 4.90 Å². The van der Waals surface area contributed by atoms with Crippen LogP contribution in [0.5, 0.6) is 0 Å². The molecule has 2 aliphatic rings. The molecule has 18 heavy (non-hydrogen) atoms. The molecular weight excluding hydrogens is 250 g/mol. The molecule has 0 bridgehead atoms. The van der Waals surface area contributed by atoms with Crippen LogP contribution in [0, 0.1) is 5.92 Å². The molecule has 0 radical (unpaired) electrons. The molecule has 2 atom stereocenters. The molecule has 4 nitrogen and oxygen atoms in total. The third-order valence-electron chi connectivity index (χ3n) is 4.32. The van der Waals surface area contributed by atoms with E-state index in [0.717, 1.165) is 44.7 Å². The van der Waals surface area contributed by atoms with Crippen molar-refractivity contribution in [2.75, 3.05) is 18.0 Å². The quantitative estimate of drug-likeness (QED) is 0.848. The molecule has 0 spiro atoms. The number of rotatable bonds is 1. The number of halogens is 1. The number of fused-ring (bicyclic) bond motifs is 1. The first-order chi connectivity index (χ1) is 8.67. The zero-order valence-corrected chi connectivity index (χ0v) is 11.1. The third kappa shape index (κ3) is 2.19. The molecule has 1 saturated carbocycles. The van der Waals surface area contributed by atoms with Crippen LogP contribution in [-0.4, -0.2) is 33.8 Å². The number of piperidine rings is 1. The third-order valence-corrected chi connectivity index (χ3v) is 4.51. The number of hydrogen-bond acceptors (Lipinski definition) is 4. The molecule has 3 rings (SSSR count). The highest BCUT2D eigenvalue weighted by Gasteiger charge is 2.43. The minimum absolute atomic E-state index is 0.360. The standard InChI is InChI=1S/C13H18ClN3O/c14-11-7-15-12(16-8-11)17-6-5-13(18)4-2-1-3-10(13)9-17/h7-8,10,18H,1-6,9H2. The minimum atomic E-state index is -0.443. The summed E-state index contributed by atoms with van der Waals surface area (Å²) in [6.45, 7) is 1.69. The van der Waals surface area contributed by atoms with Crippen molar-refractivity contribution in [3.8, 4) is 0 Å². The first-order valence-electron chi connectivity index (χ1n) is 6.62. The van der Waals surface area contributed by atoms with Gasteiger partial charge in [-0.2, -0.15) is 0 Å². The highest BCUT2D eigenvalue weighted by Crippen LogP contribution is 2.40. The van der Waals surface area contributed by atoms with Gasteiger partial charge in [-0.05, 0) is 19.3 Å². The van der Waals surface area contributed by atoms with E-state index >= 15 is 0 Å². The van der Waals surface area contributed by atoms with Gasteiger partial charge < -0.3 is 10.0 Å². The fourth-order valence-corrected chi connectivity index (χ4v) is 3.32. The molecule has 0 amide bonds. The number of hydrogen-bond donors (Lipinski definition) is 1. The Bertz CT molecular complexity index is 425. The SMILES string of the molecule is OC12CCCCC1CN(c1ncc(Cl)cn1)CC2. The van der Waals surface area contributed by atoms with Crippen LogP contribution in [0.25, 0.3) is 0 Å². The van der Waals surface area contributed by atoms with E-state index in [1.807, 2.05) is 0 Å². The lowest BCUT2D eigenvalue weighted by Crippen LogP contribution is -2.53. The maximum absolute atomic E-state index is 10.6. The van der Waals surface area contributed by atoms with Crippen molar-refractivity contribution < 1.29 is 5.11 Å². The normalized spacial score (nSPS) is 32.1. The molecule has 1 aliphatic carbocycles. The minimum Gasteiger partial charge on any atom is -0.389 e. The molecule has 1 aromatic heterocycles. The van der Waals surface area contributed by atoms with Crippen molar-refractivity contribution in [3.05, 3.63) is 17.4 Å². The maximum Gasteiger partial charge on any atom is 0.225 e. The monoisotopic (exact) mass is 267 g/mol. The summed E-state index contributed by atoms with van der Waals surface area (Å²) in [7, 11) is 0. The van der Waals surface area contributed by atoms with Crippen molar-refractivity contribution in [1.82, 2.24) is 9.97 Å². The Morgan fingerprint density at radius 1 is 1.28 bits per heavy atom. The molecule has 1 saturated heterocycles. The van der Waals surface area contributed by atoms with Gasteiger partial charge in [-0.15, -0.1) is 0 Å². The van der Waals surface area contributed by atoms with Gasteiger partial charge in [0.05, 0.1) is 23.0 Å². The molecule has 1 aromatic rings. The summed E-state index contributed by atoms with van der Waals surface area (Å²) in [6.07, 6.45) is 8.53. The van der Waals surface area contributed by atoms with Crippen LogP contribution >= 0.6 is 11.6 Å². The number of anilines is 1. The first kappa shape index (κ1) is 12.2. The number of nitrogens with zero attached hydrogens (tertiary/aromatic N) is 3. The molecular formula is C13H18ClN3O. The Morgan fingerprint density at radius 3 is 2.83 bits per heavy atom. The van der Waals surface area contributed by atoms with Crippen LogP contribution in [0.2, 0.25) is 5.02 Å². The van der Waals surface area contributed by atoms with E-state index in [1.165, 1.54) is 6.42 Å². The van der Waals surface area contributed by atoms with Crippen LogP contribution in [-0.2, 0) is 0 Å². The Kier molecular flexibility index (Phi) is 3.16. The summed E-state index contributed by atoms with van der Waals surface area (Å²) in [4.78, 5) is 10.7. The summed E-state index contributed by atoms with van der Waals surface area (Å²) >= 11 is 5.80. The van der Waals surface area contributed by atoms with Gasteiger partial charge in [0.2, 0.25) is 5.95 Å². The zero-order chi connectivity index (χ0) is 12.6. The lowest BCUT2D eigenvalue weighted by atomic mass is 9.71. The number of aromatic nitrogens is 2. The second-order valence-corrected chi connectivity index (χ2v) is 5.88. The van der Waals surface area contributed by atoms with Crippen molar-refractivity contribution in [1.29, 1.82) is 0 Å². The van der Waals surface area contributed by atoms with Crippen molar-refractivity contribution in [2.45, 2.75) is 37.7 Å². The molecule has 2 heterocycles. The topological polar surface area (TPSA) is 49.2 Å². The van der Waals surface area contributed by atoms with Gasteiger partial charge >= 0.3 is 0 Å². The number of aliphatic hydroxyl groups is 1. The maximum atomic E-state index is 10.6. The summed E-state index contributed by atoms with van der Waals surface area (Å²) in [6, 6.07) is 0. The molecule has 2 unspecified atom stereocenters. The highest BCUT2D eigenvalue weighted by molar-refractivity contribution is 6.30. The first-order valence-corrected chi connectivity index (χ1v) is 7.00. The molecule has 0 aromatic carbocycles. The van der Waals surface area contributed by atoms with Crippen molar-refractivity contribution >= 4 is 17.5 Å². The zero-order valence-electron chi connectivity index (χ0n) is 10.3. The summed E-state index contributed by atoms with van der Waals surface area (Å²) in [5.41, 5.74) is -0.443. The van der Waals surface area contributed by atoms with Crippen LogP contribution in [0.3, 0.4) is 0 Å². The van der Waals surface area contributed by atoms with E-state index in [0.29, 0.717) is 10.9 Å². The summed E-state index contributed by atoms with van der Waals surface area (Å²) in [5.74, 6) is 1.09. The van der Waals surface area contributed by atoms with Crippen LogP contribution in [0.1, 0.15) is 32.1 Å². The van der Waals surface area contributed by atoms with Crippen LogP contribution in [0.15, 0.2) is 12.4 Å². The van der Waals surface area contributed by atoms with E-state index in [9.17, 15) is 5.11 Å². The predicted molar refractivity (Wildman–Crippen MR) is 70.8 cm³/mol. The average molecular weight is 268 g/mol. The fourth-order valence-electron chi connectivity index (χ4n) is 3.22. The predicted octanol–water partition coefficient (Wildman–Crippen LogP) is 2.26. The second-order valence-electron chi connectivity index (χ2n) is 5.44. The van der Waals surface area contributed by atoms with Gasteiger partial charge in [-0.3, -0.25) is 0 Å². The molecule has 1 aliphatic heterocycles. The Morgan fingerprint density at radius 2 is 2.06 bits per heavy atom. The van der Waals surface area contributed by atoms with Gasteiger partial charge in [0.1, 0.15) is 0 Å². The lowest BCUT2D eigenvalue weighted by Gasteiger charge is -2.47. The fraction of sp³-hybridized carbons (Fsp3) is 0.692. The van der Waals surface area contributed by atoms with Gasteiger partial charge in [0, 0.05) is 19.0 Å². The second kappa shape index (κ2) is 4.67. The molecule has 5 heteroatoms. The largest absolute Gasteiger partial charge is 0.389 e. The smallest absolute Gasteiger partial charge is 0.225 e. The van der Waals surface area contributed by atoms with E-state index in [4.69, 9.17) is 11.6 Å². The Labute approximate surface area is 112 Å². The molecule has 2 fully saturated rings. The Hall–Kier alpha value is -0.870. The van der Waals surface area contributed by atoms with E-state index < -0.39 is 5.60 Å². The van der Waals surface area contributed by atoms with Crippen molar-refractivity contribution in [2.24, 2.45) is 5.92 Å². The van der Waals surface area contributed by atoms with Crippen molar-refractivity contribution in [3.63, 3.8) is 0 Å². The summed E-state index contributed by atoms with van der Waals surface area (Å²) in [5, 5.41) is 11.2. The lowest BCUT2D eigenvalue weighted by molar-refractivity contribution is -0.0614. The highest BCUT2D eigenvalue weighted by atomic mass is 35.5. The van der Waals surface area contributed by atoms with Gasteiger partial charge in [-0.25, -0.2) is 9.97 Å². The van der Waals surface area contributed by atoms with E-state index in [1.54, 1.807) is 12.4 Å². The summed E-state index contributed by atoms with van der Waals surface area (Å²) < 4.78 is 0. The molecule has 1 N–H and O–H groups in total. The van der Waals surface area contributed by atoms with Crippen LogP contribution in [0.4, 0.5) is 5.95 Å².